The second-order valence-electron chi connectivity index (χ2n) is 16.1. The van der Waals surface area contributed by atoms with E-state index >= 15 is 0 Å². The molecule has 0 N–H and O–H groups in total. The highest BCUT2D eigenvalue weighted by Crippen LogP contribution is 2.60. The minimum absolute atomic E-state index is 0.328. The number of thiophene rings is 1. The number of hydrogen-bond acceptors (Lipinski definition) is 2. The topological polar surface area (TPSA) is 3.24 Å². The Balaban J connectivity index is 1.20. The lowest BCUT2D eigenvalue weighted by Crippen LogP contribution is -2.28. The molecule has 0 saturated carbocycles. The smallest absolute Gasteiger partial charge is 0.0714 e. The fraction of sp³-hybridized carbons (Fsp3) is 0.0526. The van der Waals surface area contributed by atoms with Crippen molar-refractivity contribution in [3.63, 3.8) is 0 Å². The first kappa shape index (κ1) is 34.1. The van der Waals surface area contributed by atoms with Gasteiger partial charge in [-0.3, -0.25) is 0 Å². The van der Waals surface area contributed by atoms with Gasteiger partial charge < -0.3 is 4.90 Å². The molecule has 0 saturated heterocycles. The van der Waals surface area contributed by atoms with E-state index in [0.29, 0.717) is 0 Å². The minimum atomic E-state index is -0.520. The summed E-state index contributed by atoms with van der Waals surface area (Å²) < 4.78 is 2.58. The fourth-order valence-electron chi connectivity index (χ4n) is 10.7. The Morgan fingerprint density at radius 3 is 1.68 bits per heavy atom. The van der Waals surface area contributed by atoms with Crippen molar-refractivity contribution in [3.05, 3.63) is 257 Å². The second-order valence-corrected chi connectivity index (χ2v) is 17.2. The summed E-state index contributed by atoms with van der Waals surface area (Å²) in [6, 6.07) is 81.4. The zero-order valence-corrected chi connectivity index (χ0v) is 33.5. The van der Waals surface area contributed by atoms with Gasteiger partial charge in [0.1, 0.15) is 0 Å². The molecule has 0 aliphatic heterocycles. The average Bonchev–Trinajstić information content (AvgIpc) is 3.93. The van der Waals surface area contributed by atoms with Crippen LogP contribution in [0.4, 0.5) is 17.1 Å². The van der Waals surface area contributed by atoms with E-state index in [2.05, 4.69) is 230 Å². The van der Waals surface area contributed by atoms with Gasteiger partial charge in [0.15, 0.2) is 0 Å². The first-order valence-corrected chi connectivity index (χ1v) is 21.3. The highest BCUT2D eigenvalue weighted by molar-refractivity contribution is 7.26. The Morgan fingerprint density at radius 1 is 0.390 bits per heavy atom. The molecule has 1 heterocycles. The lowest BCUT2D eigenvalue weighted by atomic mass is 9.67. The van der Waals surface area contributed by atoms with Gasteiger partial charge in [-0.25, -0.2) is 0 Å². The molecule has 1 nitrogen and oxygen atoms in total. The molecule has 0 fully saturated rings. The van der Waals surface area contributed by atoms with E-state index in [4.69, 9.17) is 0 Å². The minimum Gasteiger partial charge on any atom is -0.309 e. The molecule has 1 aromatic heterocycles. The maximum absolute atomic E-state index is 2.58. The molecule has 2 aliphatic carbocycles. The predicted molar refractivity (Wildman–Crippen MR) is 249 cm³/mol. The molecular weight excluding hydrogens is 731 g/mol. The Hall–Kier alpha value is -7.00. The third-order valence-electron chi connectivity index (χ3n) is 13.2. The Morgan fingerprint density at radius 2 is 0.932 bits per heavy atom. The standard InChI is InChI=1S/C57H39NS/c1-56(38-19-5-2-6-20-38)46-28-14-12-26-44(46)54-48(56)30-17-31-50(54)58(51-32-18-34-53-55(51)45-27-13-16-33-52(45)59-53)41-35-36-43-42-25-11-15-29-47(42)57(49(43)37-41,39-21-7-3-8-22-39)40-23-9-4-10-24-40/h2-37H,1H3. The number of fused-ring (bicyclic) bond motifs is 9. The Labute approximate surface area is 349 Å². The summed E-state index contributed by atoms with van der Waals surface area (Å²) in [5, 5.41) is 2.57. The summed E-state index contributed by atoms with van der Waals surface area (Å²) in [5.74, 6) is 0. The van der Waals surface area contributed by atoms with Crippen LogP contribution in [0.1, 0.15) is 45.9 Å². The van der Waals surface area contributed by atoms with E-state index in [-0.39, 0.29) is 5.41 Å². The normalized spacial score (nSPS) is 15.7. The summed E-state index contributed by atoms with van der Waals surface area (Å²) in [4.78, 5) is 2.58. The van der Waals surface area contributed by atoms with Gasteiger partial charge in [0.25, 0.3) is 0 Å². The van der Waals surface area contributed by atoms with Crippen molar-refractivity contribution in [2.45, 2.75) is 17.8 Å². The molecule has 12 rings (SSSR count). The molecule has 1 atom stereocenters. The molecule has 278 valence electrons. The molecule has 9 aromatic carbocycles. The van der Waals surface area contributed by atoms with Gasteiger partial charge in [-0.1, -0.05) is 182 Å². The summed E-state index contributed by atoms with van der Waals surface area (Å²) in [5.41, 5.74) is 16.9. The second kappa shape index (κ2) is 13.0. The zero-order chi connectivity index (χ0) is 39.1. The van der Waals surface area contributed by atoms with Crippen molar-refractivity contribution in [2.24, 2.45) is 0 Å². The number of nitrogens with zero attached hydrogens (tertiary/aromatic N) is 1. The lowest BCUT2D eigenvalue weighted by Gasteiger charge is -2.35. The largest absolute Gasteiger partial charge is 0.309 e. The van der Waals surface area contributed by atoms with Crippen LogP contribution in [0.15, 0.2) is 218 Å². The number of anilines is 3. The highest BCUT2D eigenvalue weighted by atomic mass is 32.1. The summed E-state index contributed by atoms with van der Waals surface area (Å²) in [6.07, 6.45) is 0. The number of rotatable bonds is 6. The van der Waals surface area contributed by atoms with Gasteiger partial charge in [0.05, 0.1) is 16.8 Å². The van der Waals surface area contributed by atoms with Gasteiger partial charge in [-0.2, -0.15) is 0 Å². The van der Waals surface area contributed by atoms with E-state index in [1.54, 1.807) is 0 Å². The first-order chi connectivity index (χ1) is 29.2. The highest BCUT2D eigenvalue weighted by Gasteiger charge is 2.47. The van der Waals surface area contributed by atoms with E-state index in [1.165, 1.54) is 92.7 Å². The van der Waals surface area contributed by atoms with Crippen molar-refractivity contribution < 1.29 is 0 Å². The van der Waals surface area contributed by atoms with Crippen LogP contribution in [0, 0.1) is 0 Å². The molecule has 1 unspecified atom stereocenters. The predicted octanol–water partition coefficient (Wildman–Crippen LogP) is 15.2. The molecule has 0 spiro atoms. The molecule has 0 amide bonds. The molecule has 2 aliphatic rings. The summed E-state index contributed by atoms with van der Waals surface area (Å²) >= 11 is 1.87. The van der Waals surface area contributed by atoms with E-state index < -0.39 is 5.41 Å². The van der Waals surface area contributed by atoms with Crippen molar-refractivity contribution in [1.29, 1.82) is 0 Å². The van der Waals surface area contributed by atoms with Crippen LogP contribution in [-0.4, -0.2) is 0 Å². The maximum Gasteiger partial charge on any atom is 0.0714 e. The van der Waals surface area contributed by atoms with E-state index in [0.717, 1.165) is 5.69 Å². The van der Waals surface area contributed by atoms with E-state index in [1.807, 2.05) is 11.3 Å². The van der Waals surface area contributed by atoms with Crippen molar-refractivity contribution in [1.82, 2.24) is 0 Å². The van der Waals surface area contributed by atoms with Gasteiger partial charge in [0.2, 0.25) is 0 Å². The van der Waals surface area contributed by atoms with Crippen LogP contribution in [0.2, 0.25) is 0 Å². The summed E-state index contributed by atoms with van der Waals surface area (Å²) in [7, 11) is 0. The lowest BCUT2D eigenvalue weighted by molar-refractivity contribution is 0.714. The van der Waals surface area contributed by atoms with Crippen LogP contribution in [0.5, 0.6) is 0 Å². The van der Waals surface area contributed by atoms with Gasteiger partial charge in [-0.15, -0.1) is 11.3 Å². The van der Waals surface area contributed by atoms with E-state index in [9.17, 15) is 0 Å². The third kappa shape index (κ3) is 4.72. The van der Waals surface area contributed by atoms with Crippen molar-refractivity contribution in [3.8, 4) is 22.3 Å². The molecule has 2 heteroatoms. The molecule has 0 radical (unpaired) electrons. The average molecular weight is 770 g/mol. The maximum atomic E-state index is 2.58. The monoisotopic (exact) mass is 769 g/mol. The van der Waals surface area contributed by atoms with Gasteiger partial charge in [0, 0.05) is 36.8 Å². The van der Waals surface area contributed by atoms with Gasteiger partial charge >= 0.3 is 0 Å². The summed E-state index contributed by atoms with van der Waals surface area (Å²) in [6.45, 7) is 2.41. The Kier molecular flexibility index (Phi) is 7.51. The first-order valence-electron chi connectivity index (χ1n) is 20.5. The third-order valence-corrected chi connectivity index (χ3v) is 14.4. The number of benzene rings is 9. The van der Waals surface area contributed by atoms with Crippen LogP contribution >= 0.6 is 11.3 Å². The fourth-order valence-corrected chi connectivity index (χ4v) is 11.8. The number of hydrogen-bond donors (Lipinski definition) is 0. The molecular formula is C57H39NS. The van der Waals surface area contributed by atoms with Crippen LogP contribution in [0.3, 0.4) is 0 Å². The molecule has 0 bridgehead atoms. The molecule has 10 aromatic rings. The van der Waals surface area contributed by atoms with Crippen LogP contribution < -0.4 is 4.90 Å². The van der Waals surface area contributed by atoms with Crippen molar-refractivity contribution >= 4 is 48.6 Å². The zero-order valence-electron chi connectivity index (χ0n) is 32.6. The SMILES string of the molecule is CC1(c2ccccc2)c2ccccc2-c2c(N(c3ccc4c(c3)C(c3ccccc3)(c3ccccc3)c3ccccc3-4)c3cccc4sc5ccccc5c34)cccc21. The molecule has 59 heavy (non-hydrogen) atoms. The van der Waals surface area contributed by atoms with Crippen LogP contribution in [0.25, 0.3) is 42.4 Å². The van der Waals surface area contributed by atoms with Gasteiger partial charge in [-0.05, 0) is 99.0 Å². The van der Waals surface area contributed by atoms with Crippen LogP contribution in [-0.2, 0) is 10.8 Å². The quantitative estimate of drug-likeness (QED) is 0.163. The Bertz CT molecular complexity index is 3200. The van der Waals surface area contributed by atoms with Crippen molar-refractivity contribution in [2.75, 3.05) is 4.90 Å².